The molecule has 1 aromatic carbocycles. The number of nitrogens with two attached hydrogens (primary N) is 1. The third-order valence-electron chi connectivity index (χ3n) is 2.39. The van der Waals surface area contributed by atoms with Gasteiger partial charge in [0.25, 0.3) is 0 Å². The highest BCUT2D eigenvalue weighted by Crippen LogP contribution is 2.23. The quantitative estimate of drug-likeness (QED) is 0.639. The van der Waals surface area contributed by atoms with Gasteiger partial charge in [-0.05, 0) is 40.0 Å². The summed E-state index contributed by atoms with van der Waals surface area (Å²) in [5.74, 6) is 5.20. The van der Waals surface area contributed by atoms with Crippen molar-refractivity contribution in [3.63, 3.8) is 0 Å². The van der Waals surface area contributed by atoms with Crippen molar-refractivity contribution in [2.24, 2.45) is 5.84 Å². The van der Waals surface area contributed by atoms with Gasteiger partial charge in [-0.1, -0.05) is 25.8 Å². The van der Waals surface area contributed by atoms with Crippen LogP contribution in [0.1, 0.15) is 37.8 Å². The second kappa shape index (κ2) is 6.20. The first kappa shape index (κ1) is 12.6. The van der Waals surface area contributed by atoms with Crippen LogP contribution in [0.3, 0.4) is 0 Å². The fraction of sp³-hybridized carbons (Fsp3) is 0.455. The molecule has 1 unspecified atom stereocenters. The highest BCUT2D eigenvalue weighted by atomic mass is 79.9. The van der Waals surface area contributed by atoms with Gasteiger partial charge in [0.05, 0.1) is 4.47 Å². The highest BCUT2D eigenvalue weighted by molar-refractivity contribution is 9.10. The summed E-state index contributed by atoms with van der Waals surface area (Å²) in [6.45, 7) is 2.12. The Kier molecular flexibility index (Phi) is 5.22. The number of hydrogen-bond acceptors (Lipinski definition) is 2. The molecule has 0 bridgehead atoms. The van der Waals surface area contributed by atoms with Crippen molar-refractivity contribution in [2.45, 2.75) is 32.2 Å². The monoisotopic (exact) mass is 274 g/mol. The molecule has 3 N–H and O–H groups in total. The molecule has 0 aliphatic rings. The molecule has 1 atom stereocenters. The average molecular weight is 275 g/mol. The minimum Gasteiger partial charge on any atom is -0.271 e. The van der Waals surface area contributed by atoms with Crippen molar-refractivity contribution >= 4 is 15.9 Å². The van der Waals surface area contributed by atoms with Crippen molar-refractivity contribution in [1.82, 2.24) is 5.43 Å². The number of benzene rings is 1. The Morgan fingerprint density at radius 2 is 2.27 bits per heavy atom. The molecule has 0 aliphatic carbocycles. The van der Waals surface area contributed by atoms with Crippen LogP contribution >= 0.6 is 15.9 Å². The van der Waals surface area contributed by atoms with Crippen LogP contribution in [0.15, 0.2) is 22.7 Å². The van der Waals surface area contributed by atoms with E-state index in [1.165, 1.54) is 6.07 Å². The molecule has 1 aromatic rings. The van der Waals surface area contributed by atoms with Gasteiger partial charge in [-0.15, -0.1) is 0 Å². The van der Waals surface area contributed by atoms with Gasteiger partial charge in [-0.2, -0.15) is 0 Å². The molecule has 84 valence electrons. The van der Waals surface area contributed by atoms with E-state index >= 15 is 0 Å². The van der Waals surface area contributed by atoms with E-state index in [9.17, 15) is 4.39 Å². The number of unbranched alkanes of at least 4 members (excludes halogenated alkanes) is 1. The summed E-state index contributed by atoms with van der Waals surface area (Å²) in [6.07, 6.45) is 3.11. The molecule has 0 saturated heterocycles. The van der Waals surface area contributed by atoms with Crippen LogP contribution in [0, 0.1) is 5.82 Å². The molecule has 0 fully saturated rings. The second-order valence-electron chi connectivity index (χ2n) is 3.54. The van der Waals surface area contributed by atoms with Gasteiger partial charge in [0.1, 0.15) is 5.82 Å². The van der Waals surface area contributed by atoms with Crippen molar-refractivity contribution in [3.05, 3.63) is 34.1 Å². The first-order valence-corrected chi connectivity index (χ1v) is 5.89. The third kappa shape index (κ3) is 3.55. The van der Waals surface area contributed by atoms with E-state index in [-0.39, 0.29) is 11.9 Å². The van der Waals surface area contributed by atoms with Crippen molar-refractivity contribution in [1.29, 1.82) is 0 Å². The van der Waals surface area contributed by atoms with E-state index in [0.29, 0.717) is 4.47 Å². The van der Waals surface area contributed by atoms with Crippen molar-refractivity contribution < 1.29 is 4.39 Å². The van der Waals surface area contributed by atoms with Gasteiger partial charge >= 0.3 is 0 Å². The SMILES string of the molecule is CCCCC(NN)c1ccc(Br)c(F)c1. The van der Waals surface area contributed by atoms with E-state index < -0.39 is 0 Å². The number of halogens is 2. The average Bonchev–Trinajstić information content (AvgIpc) is 2.24. The number of rotatable bonds is 5. The molecule has 4 heteroatoms. The highest BCUT2D eigenvalue weighted by Gasteiger charge is 2.10. The van der Waals surface area contributed by atoms with E-state index in [2.05, 4.69) is 28.3 Å². The molecule has 15 heavy (non-hydrogen) atoms. The van der Waals surface area contributed by atoms with Gasteiger partial charge in [-0.25, -0.2) is 4.39 Å². The fourth-order valence-electron chi connectivity index (χ4n) is 1.48. The van der Waals surface area contributed by atoms with E-state index in [1.54, 1.807) is 6.07 Å². The number of hydrogen-bond donors (Lipinski definition) is 2. The van der Waals surface area contributed by atoms with Crippen LogP contribution in [0.25, 0.3) is 0 Å². The summed E-state index contributed by atoms with van der Waals surface area (Å²) < 4.78 is 13.8. The smallest absolute Gasteiger partial charge is 0.137 e. The Labute approximate surface area is 98.1 Å². The summed E-state index contributed by atoms with van der Waals surface area (Å²) >= 11 is 3.13. The molecule has 0 aliphatic heterocycles. The van der Waals surface area contributed by atoms with E-state index in [4.69, 9.17) is 5.84 Å². The van der Waals surface area contributed by atoms with Gasteiger partial charge < -0.3 is 0 Å². The topological polar surface area (TPSA) is 38.0 Å². The molecule has 1 rings (SSSR count). The molecule has 0 saturated carbocycles. The Bertz CT molecular complexity index is 317. The van der Waals surface area contributed by atoms with Gasteiger partial charge in [0.15, 0.2) is 0 Å². The zero-order chi connectivity index (χ0) is 11.3. The Morgan fingerprint density at radius 3 is 2.80 bits per heavy atom. The maximum atomic E-state index is 13.3. The molecule has 2 nitrogen and oxygen atoms in total. The summed E-state index contributed by atoms with van der Waals surface area (Å²) in [5, 5.41) is 0. The molecule has 0 radical (unpaired) electrons. The van der Waals surface area contributed by atoms with Crippen LogP contribution < -0.4 is 11.3 Å². The second-order valence-corrected chi connectivity index (χ2v) is 4.39. The fourth-order valence-corrected chi connectivity index (χ4v) is 1.73. The van der Waals surface area contributed by atoms with E-state index in [1.807, 2.05) is 6.07 Å². The first-order chi connectivity index (χ1) is 7.19. The summed E-state index contributed by atoms with van der Waals surface area (Å²) in [6, 6.07) is 5.14. The minimum absolute atomic E-state index is 0.0348. The van der Waals surface area contributed by atoms with Crippen molar-refractivity contribution in [2.75, 3.05) is 0 Å². The van der Waals surface area contributed by atoms with Crippen LogP contribution in [0.2, 0.25) is 0 Å². The van der Waals surface area contributed by atoms with Gasteiger partial charge in [0, 0.05) is 6.04 Å². The molecular weight excluding hydrogens is 259 g/mol. The third-order valence-corrected chi connectivity index (χ3v) is 3.04. The summed E-state index contributed by atoms with van der Waals surface area (Å²) in [4.78, 5) is 0. The Hall–Kier alpha value is -0.450. The maximum Gasteiger partial charge on any atom is 0.137 e. The first-order valence-electron chi connectivity index (χ1n) is 5.10. The summed E-state index contributed by atoms with van der Waals surface area (Å²) in [5.41, 5.74) is 3.61. The standard InChI is InChI=1S/C11H16BrFN2/c1-2-3-4-11(15-14)8-5-6-9(12)10(13)7-8/h5-7,11,15H,2-4,14H2,1H3. The largest absolute Gasteiger partial charge is 0.271 e. The van der Waals surface area contributed by atoms with Gasteiger partial charge in [0.2, 0.25) is 0 Å². The molecule has 0 heterocycles. The predicted molar refractivity (Wildman–Crippen MR) is 63.7 cm³/mol. The zero-order valence-electron chi connectivity index (χ0n) is 8.76. The Balaban J connectivity index is 2.78. The van der Waals surface area contributed by atoms with E-state index in [0.717, 1.165) is 24.8 Å². The molecule has 0 spiro atoms. The lowest BCUT2D eigenvalue weighted by molar-refractivity contribution is 0.491. The van der Waals surface area contributed by atoms with Gasteiger partial charge in [-0.3, -0.25) is 11.3 Å². The van der Waals surface area contributed by atoms with Crippen LogP contribution in [0.5, 0.6) is 0 Å². The Morgan fingerprint density at radius 1 is 1.53 bits per heavy atom. The normalized spacial score (nSPS) is 12.8. The lowest BCUT2D eigenvalue weighted by atomic mass is 10.0. The lowest BCUT2D eigenvalue weighted by Crippen LogP contribution is -2.28. The number of hydrazine groups is 1. The molecule has 0 aromatic heterocycles. The van der Waals surface area contributed by atoms with Crippen LogP contribution in [-0.2, 0) is 0 Å². The molecular formula is C11H16BrFN2. The molecule has 0 amide bonds. The zero-order valence-corrected chi connectivity index (χ0v) is 10.3. The lowest BCUT2D eigenvalue weighted by Gasteiger charge is -2.16. The van der Waals surface area contributed by atoms with Crippen LogP contribution in [-0.4, -0.2) is 0 Å². The number of nitrogens with one attached hydrogen (secondary N) is 1. The minimum atomic E-state index is -0.246. The predicted octanol–water partition coefficient (Wildman–Crippen LogP) is 3.28. The summed E-state index contributed by atoms with van der Waals surface area (Å²) in [7, 11) is 0. The maximum absolute atomic E-state index is 13.3. The van der Waals surface area contributed by atoms with Crippen LogP contribution in [0.4, 0.5) is 4.39 Å². The van der Waals surface area contributed by atoms with Crippen molar-refractivity contribution in [3.8, 4) is 0 Å².